The van der Waals surface area contributed by atoms with Gasteiger partial charge >= 0.3 is 5.97 Å². The van der Waals surface area contributed by atoms with Gasteiger partial charge in [-0.2, -0.15) is 0 Å². The van der Waals surface area contributed by atoms with Crippen LogP contribution in [0.3, 0.4) is 0 Å². The van der Waals surface area contributed by atoms with Crippen molar-refractivity contribution in [1.82, 2.24) is 5.32 Å². The van der Waals surface area contributed by atoms with E-state index in [0.717, 1.165) is 11.1 Å². The molecule has 0 radical (unpaired) electrons. The molecule has 1 unspecified atom stereocenters. The van der Waals surface area contributed by atoms with Crippen molar-refractivity contribution in [2.45, 2.75) is 26.8 Å². The van der Waals surface area contributed by atoms with Crippen molar-refractivity contribution >= 4 is 11.8 Å². The number of carbonyl (C=O) groups excluding carboxylic acids is 1. The molecule has 0 aliphatic rings. The first-order valence-corrected chi connectivity index (χ1v) is 5.48. The van der Waals surface area contributed by atoms with E-state index in [9.17, 15) is 9.59 Å². The van der Waals surface area contributed by atoms with Crippen LogP contribution in [0.2, 0.25) is 0 Å². The van der Waals surface area contributed by atoms with Gasteiger partial charge in [0.2, 0.25) is 0 Å². The molecular formula is C13H17NO3. The van der Waals surface area contributed by atoms with Crippen LogP contribution in [0.4, 0.5) is 0 Å². The average Bonchev–Trinajstić information content (AvgIpc) is 2.28. The number of rotatable bonds is 5. The number of aliphatic carboxylic acids is 1. The summed E-state index contributed by atoms with van der Waals surface area (Å²) in [6, 6.07) is 5.00. The Hall–Kier alpha value is -1.68. The third kappa shape index (κ3) is 3.67. The molecule has 0 aromatic heterocycles. The third-order valence-electron chi connectivity index (χ3n) is 2.74. The van der Waals surface area contributed by atoms with E-state index in [0.29, 0.717) is 5.56 Å². The first-order valence-electron chi connectivity index (χ1n) is 5.48. The van der Waals surface area contributed by atoms with Crippen LogP contribution in [0.15, 0.2) is 18.2 Å². The third-order valence-corrected chi connectivity index (χ3v) is 2.74. The van der Waals surface area contributed by atoms with Gasteiger partial charge in [-0.3, -0.25) is 14.9 Å². The molecule has 92 valence electrons. The van der Waals surface area contributed by atoms with Crippen molar-refractivity contribution in [2.75, 3.05) is 6.54 Å². The van der Waals surface area contributed by atoms with Crippen molar-refractivity contribution in [2.24, 2.45) is 0 Å². The van der Waals surface area contributed by atoms with Crippen LogP contribution in [-0.4, -0.2) is 29.4 Å². The molecule has 1 rings (SSSR count). The maximum Gasteiger partial charge on any atom is 0.317 e. The average molecular weight is 235 g/mol. The summed E-state index contributed by atoms with van der Waals surface area (Å²) < 4.78 is 0. The molecule has 1 aromatic carbocycles. The number of carboxylic acids is 1. The first-order chi connectivity index (χ1) is 7.91. The molecule has 1 atom stereocenters. The fraction of sp³-hybridized carbons (Fsp3) is 0.385. The number of benzene rings is 1. The zero-order valence-electron chi connectivity index (χ0n) is 10.3. The second-order valence-electron chi connectivity index (χ2n) is 4.16. The second kappa shape index (κ2) is 5.59. The molecule has 1 aromatic rings. The van der Waals surface area contributed by atoms with E-state index in [1.807, 2.05) is 26.0 Å². The highest BCUT2D eigenvalue weighted by molar-refractivity contribution is 6.00. The smallest absolute Gasteiger partial charge is 0.317 e. The summed E-state index contributed by atoms with van der Waals surface area (Å²) in [5.41, 5.74) is 2.80. The topological polar surface area (TPSA) is 66.4 Å². The molecule has 0 bridgehead atoms. The lowest BCUT2D eigenvalue weighted by atomic mass is 10.0. The Morgan fingerprint density at radius 2 is 1.94 bits per heavy atom. The van der Waals surface area contributed by atoms with Crippen LogP contribution >= 0.6 is 0 Å². The van der Waals surface area contributed by atoms with E-state index < -0.39 is 12.0 Å². The molecule has 0 fully saturated rings. The summed E-state index contributed by atoms with van der Waals surface area (Å²) in [7, 11) is 0. The molecule has 4 nitrogen and oxygen atoms in total. The van der Waals surface area contributed by atoms with Gasteiger partial charge in [-0.15, -0.1) is 0 Å². The van der Waals surface area contributed by atoms with Crippen LogP contribution in [-0.2, 0) is 4.79 Å². The maximum atomic E-state index is 12.0. The molecule has 17 heavy (non-hydrogen) atoms. The predicted molar refractivity (Wildman–Crippen MR) is 65.3 cm³/mol. The van der Waals surface area contributed by atoms with Crippen molar-refractivity contribution in [3.63, 3.8) is 0 Å². The highest BCUT2D eigenvalue weighted by Crippen LogP contribution is 2.11. The Morgan fingerprint density at radius 3 is 2.47 bits per heavy atom. The molecule has 0 aliphatic heterocycles. The van der Waals surface area contributed by atoms with Crippen molar-refractivity contribution < 1.29 is 14.7 Å². The van der Waals surface area contributed by atoms with E-state index in [2.05, 4.69) is 5.32 Å². The number of ketones is 1. The van der Waals surface area contributed by atoms with Gasteiger partial charge in [0.1, 0.15) is 0 Å². The second-order valence-corrected chi connectivity index (χ2v) is 4.16. The molecule has 0 aliphatic carbocycles. The van der Waals surface area contributed by atoms with Gasteiger partial charge in [0, 0.05) is 5.56 Å². The summed E-state index contributed by atoms with van der Waals surface area (Å²) in [6.07, 6.45) is 0. The SMILES string of the molecule is Cc1ccc(C(=O)C(C)NCC(=O)O)cc1C. The van der Waals surface area contributed by atoms with E-state index in [4.69, 9.17) is 5.11 Å². The number of Topliss-reactive ketones (excluding diaryl/α,β-unsaturated/α-hetero) is 1. The molecule has 2 N–H and O–H groups in total. The van der Waals surface area contributed by atoms with Crippen molar-refractivity contribution in [1.29, 1.82) is 0 Å². The fourth-order valence-corrected chi connectivity index (χ4v) is 1.48. The number of hydrogen-bond donors (Lipinski definition) is 2. The van der Waals surface area contributed by atoms with E-state index in [1.165, 1.54) is 0 Å². The highest BCUT2D eigenvalue weighted by atomic mass is 16.4. The van der Waals surface area contributed by atoms with Crippen LogP contribution in [0.1, 0.15) is 28.4 Å². The van der Waals surface area contributed by atoms with Gasteiger partial charge in [0.05, 0.1) is 12.6 Å². The molecule has 0 heterocycles. The largest absolute Gasteiger partial charge is 0.480 e. The number of carboxylic acid groups (broad SMARTS) is 1. The fourth-order valence-electron chi connectivity index (χ4n) is 1.48. The van der Waals surface area contributed by atoms with Gasteiger partial charge < -0.3 is 5.11 Å². The standard InChI is InChI=1S/C13H17NO3/c1-8-4-5-11(6-9(8)2)13(17)10(3)14-7-12(15)16/h4-6,10,14H,7H2,1-3H3,(H,15,16). The molecule has 0 saturated heterocycles. The number of hydrogen-bond acceptors (Lipinski definition) is 3. The maximum absolute atomic E-state index is 12.0. The van der Waals surface area contributed by atoms with Gasteiger partial charge in [-0.1, -0.05) is 12.1 Å². The zero-order chi connectivity index (χ0) is 13.0. The molecular weight excluding hydrogens is 218 g/mol. The minimum absolute atomic E-state index is 0.0886. The lowest BCUT2D eigenvalue weighted by molar-refractivity contribution is -0.136. The van der Waals surface area contributed by atoms with Gasteiger partial charge in [-0.05, 0) is 38.0 Å². The highest BCUT2D eigenvalue weighted by Gasteiger charge is 2.15. The van der Waals surface area contributed by atoms with Crippen molar-refractivity contribution in [3.8, 4) is 0 Å². The van der Waals surface area contributed by atoms with Gasteiger partial charge in [0.15, 0.2) is 5.78 Å². The van der Waals surface area contributed by atoms with Crippen LogP contribution in [0.25, 0.3) is 0 Å². The van der Waals surface area contributed by atoms with Crippen LogP contribution < -0.4 is 5.32 Å². The van der Waals surface area contributed by atoms with E-state index >= 15 is 0 Å². The van der Waals surface area contributed by atoms with E-state index in [-0.39, 0.29) is 12.3 Å². The van der Waals surface area contributed by atoms with E-state index in [1.54, 1.807) is 13.0 Å². The minimum atomic E-state index is -0.968. The Labute approximate surface area is 101 Å². The zero-order valence-corrected chi connectivity index (χ0v) is 10.3. The summed E-state index contributed by atoms with van der Waals surface area (Å²) in [5, 5.41) is 11.2. The summed E-state index contributed by atoms with van der Waals surface area (Å²) in [4.78, 5) is 22.4. The molecule has 4 heteroatoms. The Kier molecular flexibility index (Phi) is 4.40. The lowest BCUT2D eigenvalue weighted by Gasteiger charge is -2.12. The minimum Gasteiger partial charge on any atom is -0.480 e. The first kappa shape index (κ1) is 13.4. The summed E-state index contributed by atoms with van der Waals surface area (Å²) >= 11 is 0. The Balaban J connectivity index is 2.74. The molecule has 0 spiro atoms. The summed E-state index contributed by atoms with van der Waals surface area (Å²) in [5.74, 6) is -1.06. The van der Waals surface area contributed by atoms with Crippen molar-refractivity contribution in [3.05, 3.63) is 34.9 Å². The summed E-state index contributed by atoms with van der Waals surface area (Å²) in [6.45, 7) is 5.38. The lowest BCUT2D eigenvalue weighted by Crippen LogP contribution is -2.37. The molecule has 0 amide bonds. The Morgan fingerprint density at radius 1 is 1.29 bits per heavy atom. The normalized spacial score (nSPS) is 12.2. The van der Waals surface area contributed by atoms with Crippen LogP contribution in [0.5, 0.6) is 0 Å². The molecule has 0 saturated carbocycles. The Bertz CT molecular complexity index is 440. The number of aryl methyl sites for hydroxylation is 2. The monoisotopic (exact) mass is 235 g/mol. The van der Waals surface area contributed by atoms with Gasteiger partial charge in [0.25, 0.3) is 0 Å². The van der Waals surface area contributed by atoms with Gasteiger partial charge in [-0.25, -0.2) is 0 Å². The quantitative estimate of drug-likeness (QED) is 0.760. The predicted octanol–water partition coefficient (Wildman–Crippen LogP) is 1.55. The van der Waals surface area contributed by atoms with Crippen LogP contribution in [0, 0.1) is 13.8 Å². The number of carbonyl (C=O) groups is 2. The number of nitrogens with one attached hydrogen (secondary N) is 1.